The molecule has 0 N–H and O–H groups in total. The second-order valence-corrected chi connectivity index (χ2v) is 4.83. The van der Waals surface area contributed by atoms with Crippen LogP contribution in [-0.2, 0) is 0 Å². The van der Waals surface area contributed by atoms with Gasteiger partial charge in [-0.05, 0) is 36.8 Å². The molecule has 0 saturated heterocycles. The summed E-state index contributed by atoms with van der Waals surface area (Å²) in [6, 6.07) is 6.43. The Kier molecular flexibility index (Phi) is 3.88. The number of carbonyl (C=O) groups is 1. The third kappa shape index (κ3) is 2.62. The predicted molar refractivity (Wildman–Crippen MR) is 71.0 cm³/mol. The first-order chi connectivity index (χ1) is 8.91. The van der Waals surface area contributed by atoms with Crippen molar-refractivity contribution in [3.8, 4) is 0 Å². The van der Waals surface area contributed by atoms with Crippen molar-refractivity contribution in [3.05, 3.63) is 68.7 Å². The van der Waals surface area contributed by atoms with Gasteiger partial charge in [0, 0.05) is 5.56 Å². The van der Waals surface area contributed by atoms with E-state index in [4.69, 9.17) is 23.2 Å². The first-order valence-corrected chi connectivity index (χ1v) is 6.11. The third-order valence-corrected chi connectivity index (χ3v) is 3.29. The van der Waals surface area contributed by atoms with E-state index in [0.29, 0.717) is 0 Å². The van der Waals surface area contributed by atoms with Crippen molar-refractivity contribution in [3.63, 3.8) is 0 Å². The molecule has 5 heteroatoms. The normalized spacial score (nSPS) is 10.6. The molecule has 2 aromatic rings. The minimum Gasteiger partial charge on any atom is -0.288 e. The highest BCUT2D eigenvalue weighted by Gasteiger charge is 2.19. The number of halogens is 4. The minimum atomic E-state index is -0.813. The molecule has 98 valence electrons. The van der Waals surface area contributed by atoms with Crippen molar-refractivity contribution in [1.29, 1.82) is 0 Å². The van der Waals surface area contributed by atoms with E-state index in [0.717, 1.165) is 6.07 Å². The number of hydrogen-bond donors (Lipinski definition) is 0. The van der Waals surface area contributed by atoms with Crippen LogP contribution in [-0.4, -0.2) is 5.78 Å². The van der Waals surface area contributed by atoms with Crippen LogP contribution < -0.4 is 0 Å². The van der Waals surface area contributed by atoms with Crippen molar-refractivity contribution in [2.75, 3.05) is 0 Å². The highest BCUT2D eigenvalue weighted by Crippen LogP contribution is 2.26. The predicted octanol–water partition coefficient (Wildman–Crippen LogP) is 4.81. The molecule has 2 rings (SSSR count). The monoisotopic (exact) mass is 300 g/mol. The van der Waals surface area contributed by atoms with Crippen LogP contribution >= 0.6 is 23.2 Å². The molecule has 0 spiro atoms. The average molecular weight is 301 g/mol. The van der Waals surface area contributed by atoms with Gasteiger partial charge in [-0.15, -0.1) is 0 Å². The highest BCUT2D eigenvalue weighted by atomic mass is 35.5. The Balaban J connectivity index is 2.56. The lowest BCUT2D eigenvalue weighted by Crippen LogP contribution is -2.06. The lowest BCUT2D eigenvalue weighted by Gasteiger charge is -2.07. The van der Waals surface area contributed by atoms with Gasteiger partial charge in [0.1, 0.15) is 5.82 Å². The van der Waals surface area contributed by atoms with Gasteiger partial charge in [-0.3, -0.25) is 4.79 Å². The molecule has 2 aromatic carbocycles. The molecule has 1 nitrogen and oxygen atoms in total. The van der Waals surface area contributed by atoms with E-state index < -0.39 is 17.4 Å². The molecule has 19 heavy (non-hydrogen) atoms. The summed E-state index contributed by atoms with van der Waals surface area (Å²) in [7, 11) is 0. The molecule has 0 amide bonds. The molecule has 0 aromatic heterocycles. The molecule has 0 fully saturated rings. The van der Waals surface area contributed by atoms with E-state index >= 15 is 0 Å². The van der Waals surface area contributed by atoms with E-state index in [9.17, 15) is 13.6 Å². The van der Waals surface area contributed by atoms with E-state index in [1.165, 1.54) is 31.2 Å². The van der Waals surface area contributed by atoms with Gasteiger partial charge in [0.05, 0.1) is 15.6 Å². The third-order valence-electron chi connectivity index (χ3n) is 2.69. The molecule has 0 saturated carbocycles. The van der Waals surface area contributed by atoms with Crippen LogP contribution in [0.15, 0.2) is 30.3 Å². The molecule has 0 bridgehead atoms. The van der Waals surface area contributed by atoms with Crippen LogP contribution in [0, 0.1) is 18.6 Å². The largest absolute Gasteiger partial charge is 0.288 e. The lowest BCUT2D eigenvalue weighted by molar-refractivity contribution is 0.103. The zero-order valence-electron chi connectivity index (χ0n) is 9.81. The van der Waals surface area contributed by atoms with Gasteiger partial charge in [0.15, 0.2) is 11.6 Å². The van der Waals surface area contributed by atoms with Crippen molar-refractivity contribution in [1.82, 2.24) is 0 Å². The first-order valence-electron chi connectivity index (χ1n) is 5.36. The Bertz CT molecular complexity index is 669. The number of rotatable bonds is 2. The number of ketones is 1. The second-order valence-electron chi connectivity index (χ2n) is 4.01. The molecule has 0 atom stereocenters. The van der Waals surface area contributed by atoms with Gasteiger partial charge in [-0.1, -0.05) is 29.3 Å². The lowest BCUT2D eigenvalue weighted by atomic mass is 10.0. The quantitative estimate of drug-likeness (QED) is 0.727. The van der Waals surface area contributed by atoms with E-state index in [-0.39, 0.29) is 26.7 Å². The molecule has 0 aliphatic carbocycles. The number of carbonyl (C=O) groups excluding carboxylic acids is 1. The summed E-state index contributed by atoms with van der Waals surface area (Å²) in [6.45, 7) is 1.50. The maximum atomic E-state index is 13.8. The average Bonchev–Trinajstić information content (AvgIpc) is 2.36. The fraction of sp³-hybridized carbons (Fsp3) is 0.0714. The Labute approximate surface area is 118 Å². The van der Waals surface area contributed by atoms with Gasteiger partial charge in [-0.2, -0.15) is 0 Å². The maximum absolute atomic E-state index is 13.8. The Morgan fingerprint density at radius 3 is 2.42 bits per heavy atom. The summed E-state index contributed by atoms with van der Waals surface area (Å²) >= 11 is 11.4. The summed E-state index contributed by atoms with van der Waals surface area (Å²) in [4.78, 5) is 12.2. The van der Waals surface area contributed by atoms with Crippen LogP contribution in [0.5, 0.6) is 0 Å². The van der Waals surface area contributed by atoms with Gasteiger partial charge < -0.3 is 0 Å². The van der Waals surface area contributed by atoms with Crippen LogP contribution in [0.25, 0.3) is 0 Å². The fourth-order valence-electron chi connectivity index (χ4n) is 1.66. The van der Waals surface area contributed by atoms with E-state index in [2.05, 4.69) is 0 Å². The Morgan fingerprint density at radius 2 is 1.74 bits per heavy atom. The summed E-state index contributed by atoms with van der Waals surface area (Å²) in [5.41, 5.74) is 0.109. The van der Waals surface area contributed by atoms with Gasteiger partial charge >= 0.3 is 0 Å². The zero-order valence-corrected chi connectivity index (χ0v) is 11.3. The van der Waals surface area contributed by atoms with Gasteiger partial charge in [0.2, 0.25) is 0 Å². The van der Waals surface area contributed by atoms with Crippen LogP contribution in [0.1, 0.15) is 21.5 Å². The van der Waals surface area contributed by atoms with Crippen molar-refractivity contribution < 1.29 is 13.6 Å². The van der Waals surface area contributed by atoms with Crippen LogP contribution in [0.3, 0.4) is 0 Å². The molecule has 0 unspecified atom stereocenters. The summed E-state index contributed by atoms with van der Waals surface area (Å²) in [5, 5.41) is -0.215. The highest BCUT2D eigenvalue weighted by molar-refractivity contribution is 6.35. The molecular formula is C14H8Cl2F2O. The topological polar surface area (TPSA) is 17.1 Å². The molecule has 0 radical (unpaired) electrons. The second kappa shape index (κ2) is 5.27. The molecular weight excluding hydrogens is 293 g/mol. The first kappa shape index (κ1) is 14.0. The van der Waals surface area contributed by atoms with E-state index in [1.54, 1.807) is 0 Å². The molecule has 0 aliphatic heterocycles. The van der Waals surface area contributed by atoms with Gasteiger partial charge in [0.25, 0.3) is 0 Å². The number of aryl methyl sites for hydroxylation is 1. The van der Waals surface area contributed by atoms with Gasteiger partial charge in [-0.25, -0.2) is 8.78 Å². The number of hydrogen-bond acceptors (Lipinski definition) is 1. The standard InChI is InChI=1S/C14H8Cl2F2O/c1-7-5-9(11(16)6-12(7)17)14(19)8-3-2-4-10(15)13(8)18/h2-6H,1H3. The van der Waals surface area contributed by atoms with Crippen LogP contribution in [0.4, 0.5) is 8.78 Å². The zero-order chi connectivity index (χ0) is 14.2. The SMILES string of the molecule is Cc1cc(C(=O)c2cccc(Cl)c2F)c(Cl)cc1F. The molecule has 0 aliphatic rings. The summed E-state index contributed by atoms with van der Waals surface area (Å²) in [6.07, 6.45) is 0. The van der Waals surface area contributed by atoms with Crippen molar-refractivity contribution in [2.45, 2.75) is 6.92 Å². The molecule has 0 heterocycles. The Hall–Kier alpha value is -1.45. The van der Waals surface area contributed by atoms with Crippen LogP contribution in [0.2, 0.25) is 10.0 Å². The minimum absolute atomic E-state index is 0.0433. The van der Waals surface area contributed by atoms with E-state index in [1.807, 2.05) is 0 Å². The number of benzene rings is 2. The Morgan fingerprint density at radius 1 is 1.05 bits per heavy atom. The van der Waals surface area contributed by atoms with Crippen molar-refractivity contribution in [2.24, 2.45) is 0 Å². The smallest absolute Gasteiger partial charge is 0.197 e. The summed E-state index contributed by atoms with van der Waals surface area (Å²) in [5.74, 6) is -1.96. The fourth-order valence-corrected chi connectivity index (χ4v) is 2.07. The summed E-state index contributed by atoms with van der Waals surface area (Å²) < 4.78 is 27.1. The maximum Gasteiger partial charge on any atom is 0.197 e. The van der Waals surface area contributed by atoms with Crippen molar-refractivity contribution >= 4 is 29.0 Å².